The summed E-state index contributed by atoms with van der Waals surface area (Å²) in [5.74, 6) is 0.844. The topological polar surface area (TPSA) is 40.6 Å². The van der Waals surface area contributed by atoms with E-state index in [0.29, 0.717) is 30.5 Å². The lowest BCUT2D eigenvalue weighted by Crippen LogP contribution is -2.40. The zero-order chi connectivity index (χ0) is 16.8. The SMILES string of the molecule is CC(=O)N(CCC(=O)N1CCC(C)CC1)Cc1ccc(Cl)cc1. The molecule has 1 heterocycles. The number of piperidine rings is 1. The second-order valence-corrected chi connectivity index (χ2v) is 6.82. The van der Waals surface area contributed by atoms with Crippen LogP contribution in [0.2, 0.25) is 5.02 Å². The molecule has 1 saturated heterocycles. The normalized spacial score (nSPS) is 15.5. The number of hydrogen-bond donors (Lipinski definition) is 0. The Kier molecular flexibility index (Phi) is 6.46. The van der Waals surface area contributed by atoms with Crippen LogP contribution in [0.5, 0.6) is 0 Å². The van der Waals surface area contributed by atoms with Crippen LogP contribution < -0.4 is 0 Å². The number of amides is 2. The molecule has 0 radical (unpaired) electrons. The summed E-state index contributed by atoms with van der Waals surface area (Å²) in [4.78, 5) is 27.8. The lowest BCUT2D eigenvalue weighted by atomic mass is 9.99. The molecule has 1 aliphatic heterocycles. The van der Waals surface area contributed by atoms with Crippen molar-refractivity contribution in [3.8, 4) is 0 Å². The number of carbonyl (C=O) groups excluding carboxylic acids is 2. The fourth-order valence-corrected chi connectivity index (χ4v) is 2.93. The maximum Gasteiger partial charge on any atom is 0.224 e. The number of benzene rings is 1. The van der Waals surface area contributed by atoms with Gasteiger partial charge in [-0.15, -0.1) is 0 Å². The summed E-state index contributed by atoms with van der Waals surface area (Å²) < 4.78 is 0. The van der Waals surface area contributed by atoms with Gasteiger partial charge in [-0.25, -0.2) is 0 Å². The Balaban J connectivity index is 1.85. The molecule has 0 N–H and O–H groups in total. The number of likely N-dealkylation sites (tertiary alicyclic amines) is 1. The molecular weight excluding hydrogens is 312 g/mol. The highest BCUT2D eigenvalue weighted by molar-refractivity contribution is 6.30. The first-order valence-electron chi connectivity index (χ1n) is 8.23. The number of hydrogen-bond acceptors (Lipinski definition) is 2. The molecule has 23 heavy (non-hydrogen) atoms. The van der Waals surface area contributed by atoms with Crippen molar-refractivity contribution in [2.75, 3.05) is 19.6 Å². The predicted octanol–water partition coefficient (Wildman–Crippen LogP) is 3.34. The van der Waals surface area contributed by atoms with E-state index < -0.39 is 0 Å². The van der Waals surface area contributed by atoms with E-state index in [1.54, 1.807) is 11.8 Å². The van der Waals surface area contributed by atoms with Crippen LogP contribution in [0.3, 0.4) is 0 Å². The number of nitrogens with zero attached hydrogens (tertiary/aromatic N) is 2. The molecular formula is C18H25ClN2O2. The van der Waals surface area contributed by atoms with Crippen LogP contribution in [0, 0.1) is 5.92 Å². The zero-order valence-corrected chi connectivity index (χ0v) is 14.7. The van der Waals surface area contributed by atoms with Gasteiger partial charge in [0, 0.05) is 44.5 Å². The largest absolute Gasteiger partial charge is 0.343 e. The Bertz CT molecular complexity index is 536. The predicted molar refractivity (Wildman–Crippen MR) is 92.1 cm³/mol. The van der Waals surface area contributed by atoms with Crippen molar-refractivity contribution >= 4 is 23.4 Å². The van der Waals surface area contributed by atoms with E-state index in [1.165, 1.54) is 0 Å². The molecule has 0 saturated carbocycles. The second-order valence-electron chi connectivity index (χ2n) is 6.38. The molecule has 4 nitrogen and oxygen atoms in total. The minimum absolute atomic E-state index is 0.0139. The molecule has 0 atom stereocenters. The molecule has 5 heteroatoms. The van der Waals surface area contributed by atoms with E-state index in [0.717, 1.165) is 31.5 Å². The lowest BCUT2D eigenvalue weighted by molar-refractivity contribution is -0.134. The first-order chi connectivity index (χ1) is 11.0. The fraction of sp³-hybridized carbons (Fsp3) is 0.556. The van der Waals surface area contributed by atoms with Crippen LogP contribution in [0.25, 0.3) is 0 Å². The molecule has 0 aromatic heterocycles. The smallest absolute Gasteiger partial charge is 0.224 e. The average molecular weight is 337 g/mol. The van der Waals surface area contributed by atoms with Crippen molar-refractivity contribution in [3.63, 3.8) is 0 Å². The fourth-order valence-electron chi connectivity index (χ4n) is 2.80. The van der Waals surface area contributed by atoms with Crippen LogP contribution >= 0.6 is 11.6 Å². The maximum absolute atomic E-state index is 12.3. The van der Waals surface area contributed by atoms with Gasteiger partial charge in [-0.1, -0.05) is 30.7 Å². The Morgan fingerprint density at radius 3 is 2.39 bits per heavy atom. The highest BCUT2D eigenvalue weighted by Crippen LogP contribution is 2.17. The summed E-state index contributed by atoms with van der Waals surface area (Å²) in [6.45, 7) is 6.43. The number of halogens is 1. The number of carbonyl (C=O) groups is 2. The summed E-state index contributed by atoms with van der Waals surface area (Å²) in [6, 6.07) is 7.45. The molecule has 1 aliphatic rings. The van der Waals surface area contributed by atoms with Gasteiger partial charge in [0.2, 0.25) is 11.8 Å². The van der Waals surface area contributed by atoms with Crippen molar-refractivity contribution in [2.45, 2.75) is 39.7 Å². The second kappa shape index (κ2) is 8.34. The first-order valence-corrected chi connectivity index (χ1v) is 8.61. The van der Waals surface area contributed by atoms with Crippen molar-refractivity contribution < 1.29 is 9.59 Å². The van der Waals surface area contributed by atoms with Crippen molar-refractivity contribution in [1.29, 1.82) is 0 Å². The average Bonchev–Trinajstić information content (AvgIpc) is 2.53. The van der Waals surface area contributed by atoms with Gasteiger partial charge in [0.1, 0.15) is 0 Å². The van der Waals surface area contributed by atoms with E-state index in [-0.39, 0.29) is 11.8 Å². The van der Waals surface area contributed by atoms with Crippen LogP contribution in [0.15, 0.2) is 24.3 Å². The standard InChI is InChI=1S/C18H25ClN2O2/c1-14-7-10-20(11-8-14)18(23)9-12-21(15(2)22)13-16-3-5-17(19)6-4-16/h3-6,14H,7-13H2,1-2H3. The molecule has 0 aliphatic carbocycles. The molecule has 1 aromatic carbocycles. The van der Waals surface area contributed by atoms with Gasteiger partial charge in [-0.2, -0.15) is 0 Å². The van der Waals surface area contributed by atoms with Crippen molar-refractivity contribution in [2.24, 2.45) is 5.92 Å². The molecule has 126 valence electrons. The Labute approximate surface area is 143 Å². The maximum atomic E-state index is 12.3. The van der Waals surface area contributed by atoms with Gasteiger partial charge in [0.25, 0.3) is 0 Å². The Hall–Kier alpha value is -1.55. The highest BCUT2D eigenvalue weighted by atomic mass is 35.5. The van der Waals surface area contributed by atoms with Gasteiger partial charge in [0.15, 0.2) is 0 Å². The van der Waals surface area contributed by atoms with E-state index in [1.807, 2.05) is 29.2 Å². The molecule has 2 rings (SSSR count). The van der Waals surface area contributed by atoms with Gasteiger partial charge in [0.05, 0.1) is 0 Å². The summed E-state index contributed by atoms with van der Waals surface area (Å²) in [5.41, 5.74) is 1.02. The monoisotopic (exact) mass is 336 g/mol. The molecule has 0 bridgehead atoms. The summed E-state index contributed by atoms with van der Waals surface area (Å²) >= 11 is 5.88. The summed E-state index contributed by atoms with van der Waals surface area (Å²) in [6.07, 6.45) is 2.54. The van der Waals surface area contributed by atoms with Crippen LogP contribution in [-0.4, -0.2) is 41.2 Å². The minimum atomic E-state index is -0.0139. The van der Waals surface area contributed by atoms with E-state index in [4.69, 9.17) is 11.6 Å². The molecule has 2 amide bonds. The third-order valence-electron chi connectivity index (χ3n) is 4.46. The van der Waals surface area contributed by atoms with Crippen LogP contribution in [0.4, 0.5) is 0 Å². The van der Waals surface area contributed by atoms with Gasteiger partial charge < -0.3 is 9.80 Å². The first kappa shape index (κ1) is 17.8. The Morgan fingerprint density at radius 1 is 1.22 bits per heavy atom. The van der Waals surface area contributed by atoms with Crippen LogP contribution in [0.1, 0.15) is 38.7 Å². The third kappa shape index (κ3) is 5.54. The van der Waals surface area contributed by atoms with Crippen molar-refractivity contribution in [3.05, 3.63) is 34.9 Å². The minimum Gasteiger partial charge on any atom is -0.343 e. The van der Waals surface area contributed by atoms with Gasteiger partial charge >= 0.3 is 0 Å². The molecule has 1 fully saturated rings. The van der Waals surface area contributed by atoms with E-state index >= 15 is 0 Å². The quantitative estimate of drug-likeness (QED) is 0.827. The molecule has 1 aromatic rings. The summed E-state index contributed by atoms with van der Waals surface area (Å²) in [5, 5.41) is 0.678. The van der Waals surface area contributed by atoms with Gasteiger partial charge in [-0.05, 0) is 36.5 Å². The highest BCUT2D eigenvalue weighted by Gasteiger charge is 2.21. The van der Waals surface area contributed by atoms with E-state index in [2.05, 4.69) is 6.92 Å². The van der Waals surface area contributed by atoms with E-state index in [9.17, 15) is 9.59 Å². The lowest BCUT2D eigenvalue weighted by Gasteiger charge is -2.31. The van der Waals surface area contributed by atoms with Gasteiger partial charge in [-0.3, -0.25) is 9.59 Å². The summed E-state index contributed by atoms with van der Waals surface area (Å²) in [7, 11) is 0. The molecule has 0 unspecified atom stereocenters. The Morgan fingerprint density at radius 2 is 1.83 bits per heavy atom. The number of rotatable bonds is 5. The third-order valence-corrected chi connectivity index (χ3v) is 4.72. The zero-order valence-electron chi connectivity index (χ0n) is 13.9. The van der Waals surface area contributed by atoms with Crippen molar-refractivity contribution in [1.82, 2.24) is 9.80 Å². The van der Waals surface area contributed by atoms with Crippen LogP contribution in [-0.2, 0) is 16.1 Å². The molecule has 0 spiro atoms.